The predicted molar refractivity (Wildman–Crippen MR) is 91.9 cm³/mol. The van der Waals surface area contributed by atoms with Crippen LogP contribution in [0.2, 0.25) is 0 Å². The first-order valence-corrected chi connectivity index (χ1v) is 7.85. The van der Waals surface area contributed by atoms with E-state index in [4.69, 9.17) is 5.73 Å². The van der Waals surface area contributed by atoms with Crippen LogP contribution < -0.4 is 16.4 Å². The van der Waals surface area contributed by atoms with Crippen molar-refractivity contribution in [3.63, 3.8) is 0 Å². The second-order valence-corrected chi connectivity index (χ2v) is 5.49. The summed E-state index contributed by atoms with van der Waals surface area (Å²) in [5.41, 5.74) is 7.12. The monoisotopic (exact) mass is 326 g/mol. The van der Waals surface area contributed by atoms with Crippen LogP contribution in [-0.2, 0) is 16.0 Å². The minimum atomic E-state index is -0.656. The number of carbonyl (C=O) groups excluding carboxylic acids is 2. The topological polar surface area (TPSA) is 97.1 Å². The van der Waals surface area contributed by atoms with E-state index >= 15 is 0 Å². The summed E-state index contributed by atoms with van der Waals surface area (Å²) < 4.78 is 0. The van der Waals surface area contributed by atoms with Crippen LogP contribution in [0.4, 0.5) is 0 Å². The number of aromatic nitrogens is 1. The molecule has 4 N–H and O–H groups in total. The number of hydrogen-bond acceptors (Lipinski definition) is 4. The summed E-state index contributed by atoms with van der Waals surface area (Å²) in [5.74, 6) is -0.625. The molecule has 24 heavy (non-hydrogen) atoms. The Balaban J connectivity index is 2.11. The Kier molecular flexibility index (Phi) is 6.45. The molecule has 2 rings (SSSR count). The summed E-state index contributed by atoms with van der Waals surface area (Å²) in [5, 5.41) is 5.53. The molecule has 6 nitrogen and oxygen atoms in total. The van der Waals surface area contributed by atoms with E-state index in [-0.39, 0.29) is 24.4 Å². The van der Waals surface area contributed by atoms with Gasteiger partial charge in [0.25, 0.3) is 0 Å². The number of nitrogens with one attached hydrogen (secondary N) is 2. The molecule has 0 fully saturated rings. The lowest BCUT2D eigenvalue weighted by Crippen LogP contribution is -2.47. The largest absolute Gasteiger partial charge is 0.347 e. The second kappa shape index (κ2) is 8.79. The van der Waals surface area contributed by atoms with Crippen molar-refractivity contribution in [1.82, 2.24) is 15.6 Å². The highest BCUT2D eigenvalue weighted by Gasteiger charge is 2.20. The van der Waals surface area contributed by atoms with E-state index in [1.165, 1.54) is 0 Å². The van der Waals surface area contributed by atoms with E-state index in [2.05, 4.69) is 15.6 Å². The zero-order valence-corrected chi connectivity index (χ0v) is 13.6. The first kappa shape index (κ1) is 17.6. The molecule has 0 spiro atoms. The maximum atomic E-state index is 12.4. The van der Waals surface area contributed by atoms with Crippen molar-refractivity contribution in [2.75, 3.05) is 6.54 Å². The Bertz CT molecular complexity index is 661. The average molecular weight is 326 g/mol. The maximum Gasteiger partial charge on any atom is 0.242 e. The molecule has 1 aromatic heterocycles. The summed E-state index contributed by atoms with van der Waals surface area (Å²) >= 11 is 0. The van der Waals surface area contributed by atoms with Crippen LogP contribution in [0.5, 0.6) is 0 Å². The van der Waals surface area contributed by atoms with Gasteiger partial charge in [0, 0.05) is 18.3 Å². The number of nitrogens with two attached hydrogens (primary N) is 1. The van der Waals surface area contributed by atoms with Crippen LogP contribution in [0.15, 0.2) is 54.7 Å². The summed E-state index contributed by atoms with van der Waals surface area (Å²) in [6.07, 6.45) is 2.29. The maximum absolute atomic E-state index is 12.4. The molecule has 6 heteroatoms. The summed E-state index contributed by atoms with van der Waals surface area (Å²) in [4.78, 5) is 28.0. The van der Waals surface area contributed by atoms with Crippen LogP contribution in [0.25, 0.3) is 0 Å². The molecule has 1 aromatic carbocycles. The quantitative estimate of drug-likeness (QED) is 0.705. The Labute approximate surface area is 141 Å². The van der Waals surface area contributed by atoms with Gasteiger partial charge in [0.1, 0.15) is 6.04 Å². The van der Waals surface area contributed by atoms with E-state index in [1.807, 2.05) is 48.5 Å². The number of amides is 2. The SMILES string of the molecule is CC(NC(=O)CN)C(=O)NC(Cc1ccccn1)c1ccccc1. The Morgan fingerprint density at radius 3 is 2.42 bits per heavy atom. The third-order valence-electron chi connectivity index (χ3n) is 3.61. The second-order valence-electron chi connectivity index (χ2n) is 5.49. The van der Waals surface area contributed by atoms with Crippen molar-refractivity contribution < 1.29 is 9.59 Å². The Morgan fingerprint density at radius 2 is 1.79 bits per heavy atom. The minimum absolute atomic E-state index is 0.145. The zero-order chi connectivity index (χ0) is 17.4. The molecule has 2 aromatic rings. The fourth-order valence-corrected chi connectivity index (χ4v) is 2.33. The van der Waals surface area contributed by atoms with Crippen molar-refractivity contribution in [1.29, 1.82) is 0 Å². The fourth-order valence-electron chi connectivity index (χ4n) is 2.33. The Hall–Kier alpha value is -2.73. The Morgan fingerprint density at radius 1 is 1.08 bits per heavy atom. The van der Waals surface area contributed by atoms with Crippen LogP contribution >= 0.6 is 0 Å². The molecular formula is C18H22N4O2. The van der Waals surface area contributed by atoms with Gasteiger partial charge in [-0.15, -0.1) is 0 Å². The number of carbonyl (C=O) groups is 2. The average Bonchev–Trinajstić information content (AvgIpc) is 2.62. The van der Waals surface area contributed by atoms with E-state index in [0.29, 0.717) is 6.42 Å². The van der Waals surface area contributed by atoms with E-state index < -0.39 is 6.04 Å². The van der Waals surface area contributed by atoms with Crippen molar-refractivity contribution in [2.24, 2.45) is 5.73 Å². The van der Waals surface area contributed by atoms with Gasteiger partial charge in [-0.2, -0.15) is 0 Å². The zero-order valence-electron chi connectivity index (χ0n) is 13.6. The fraction of sp³-hybridized carbons (Fsp3) is 0.278. The van der Waals surface area contributed by atoms with E-state index in [1.54, 1.807) is 13.1 Å². The molecule has 0 aliphatic rings. The van der Waals surface area contributed by atoms with Crippen LogP contribution in [-0.4, -0.2) is 29.4 Å². The third-order valence-corrected chi connectivity index (χ3v) is 3.61. The molecule has 1 heterocycles. The van der Waals surface area contributed by atoms with Crippen molar-refractivity contribution in [3.05, 3.63) is 66.0 Å². The molecule has 0 radical (unpaired) electrons. The van der Waals surface area contributed by atoms with Gasteiger partial charge in [0.05, 0.1) is 12.6 Å². The van der Waals surface area contributed by atoms with Crippen molar-refractivity contribution in [2.45, 2.75) is 25.4 Å². The molecule has 2 amide bonds. The van der Waals surface area contributed by atoms with Gasteiger partial charge < -0.3 is 16.4 Å². The molecule has 126 valence electrons. The van der Waals surface area contributed by atoms with Gasteiger partial charge in [0.15, 0.2) is 0 Å². The lowest BCUT2D eigenvalue weighted by Gasteiger charge is -2.22. The predicted octanol–water partition coefficient (Wildman–Crippen LogP) is 0.945. The standard InChI is InChI=1S/C18H22N4O2/c1-13(21-17(23)12-19)18(24)22-16(14-7-3-2-4-8-14)11-15-9-5-6-10-20-15/h2-10,13,16H,11-12,19H2,1H3,(H,21,23)(H,22,24). The van der Waals surface area contributed by atoms with Crippen molar-refractivity contribution in [3.8, 4) is 0 Å². The van der Waals surface area contributed by atoms with Gasteiger partial charge >= 0.3 is 0 Å². The van der Waals surface area contributed by atoms with Crippen LogP contribution in [0, 0.1) is 0 Å². The number of rotatable bonds is 7. The van der Waals surface area contributed by atoms with Gasteiger partial charge in [-0.1, -0.05) is 36.4 Å². The van der Waals surface area contributed by atoms with Gasteiger partial charge in [-0.3, -0.25) is 14.6 Å². The molecule has 2 unspecified atom stereocenters. The third kappa shape index (κ3) is 5.17. The highest BCUT2D eigenvalue weighted by molar-refractivity contribution is 5.88. The molecule has 0 aliphatic heterocycles. The smallest absolute Gasteiger partial charge is 0.242 e. The van der Waals surface area contributed by atoms with Gasteiger partial charge in [-0.25, -0.2) is 0 Å². The molecule has 0 saturated carbocycles. The highest BCUT2D eigenvalue weighted by atomic mass is 16.2. The minimum Gasteiger partial charge on any atom is -0.347 e. The first-order valence-electron chi connectivity index (χ1n) is 7.85. The van der Waals surface area contributed by atoms with E-state index in [9.17, 15) is 9.59 Å². The number of benzene rings is 1. The van der Waals surface area contributed by atoms with E-state index in [0.717, 1.165) is 11.3 Å². The van der Waals surface area contributed by atoms with Crippen LogP contribution in [0.3, 0.4) is 0 Å². The number of hydrogen-bond donors (Lipinski definition) is 3. The summed E-state index contributed by atoms with van der Waals surface area (Å²) in [7, 11) is 0. The summed E-state index contributed by atoms with van der Waals surface area (Å²) in [6.45, 7) is 1.49. The molecule has 2 atom stereocenters. The lowest BCUT2D eigenvalue weighted by atomic mass is 10.0. The van der Waals surface area contributed by atoms with Crippen molar-refractivity contribution >= 4 is 11.8 Å². The van der Waals surface area contributed by atoms with Gasteiger partial charge in [0.2, 0.25) is 11.8 Å². The van der Waals surface area contributed by atoms with Gasteiger partial charge in [-0.05, 0) is 24.6 Å². The normalized spacial score (nSPS) is 12.9. The number of pyridine rings is 1. The first-order chi connectivity index (χ1) is 11.6. The highest BCUT2D eigenvalue weighted by Crippen LogP contribution is 2.17. The molecule has 0 aliphatic carbocycles. The number of nitrogens with zero attached hydrogens (tertiary/aromatic N) is 1. The summed E-state index contributed by atoms with van der Waals surface area (Å²) in [6, 6.07) is 14.5. The molecule has 0 saturated heterocycles. The lowest BCUT2D eigenvalue weighted by molar-refractivity contribution is -0.128. The molecular weight excluding hydrogens is 304 g/mol. The van der Waals surface area contributed by atoms with Crippen LogP contribution in [0.1, 0.15) is 24.2 Å². The molecule has 0 bridgehead atoms.